The molecule has 18 heavy (non-hydrogen) atoms. The highest BCUT2D eigenvalue weighted by atomic mass is 15.4. The van der Waals surface area contributed by atoms with Gasteiger partial charge in [-0.05, 0) is 51.2 Å². The van der Waals surface area contributed by atoms with Crippen molar-refractivity contribution in [1.82, 2.24) is 25.2 Å². The number of hydrogen-bond donors (Lipinski definition) is 1. The van der Waals surface area contributed by atoms with Gasteiger partial charge in [0.05, 0.1) is 12.2 Å². The van der Waals surface area contributed by atoms with Crippen molar-refractivity contribution < 1.29 is 0 Å². The van der Waals surface area contributed by atoms with E-state index in [0.717, 1.165) is 37.8 Å². The van der Waals surface area contributed by atoms with Gasteiger partial charge in [0.1, 0.15) is 0 Å². The van der Waals surface area contributed by atoms with Gasteiger partial charge in [-0.2, -0.15) is 0 Å². The molecule has 0 amide bonds. The molecular formula is C13H23N5. The highest BCUT2D eigenvalue weighted by Crippen LogP contribution is 2.27. The number of nitrogens with one attached hydrogen (secondary N) is 1. The van der Waals surface area contributed by atoms with Gasteiger partial charge >= 0.3 is 0 Å². The van der Waals surface area contributed by atoms with Crippen molar-refractivity contribution in [3.8, 4) is 0 Å². The van der Waals surface area contributed by atoms with Crippen LogP contribution in [-0.2, 0) is 13.1 Å². The Morgan fingerprint density at radius 2 is 2.06 bits per heavy atom. The Bertz CT molecular complexity index is 365. The third kappa shape index (κ3) is 3.53. The van der Waals surface area contributed by atoms with E-state index in [2.05, 4.69) is 26.7 Å². The third-order valence-corrected chi connectivity index (χ3v) is 3.87. The molecule has 1 aliphatic carbocycles. The Morgan fingerprint density at radius 3 is 2.83 bits per heavy atom. The smallest absolute Gasteiger partial charge is 0.0964 e. The molecule has 2 aliphatic rings. The minimum atomic E-state index is 0.861. The van der Waals surface area contributed by atoms with Crippen molar-refractivity contribution in [2.45, 2.75) is 38.8 Å². The Labute approximate surface area is 109 Å². The lowest BCUT2D eigenvalue weighted by Crippen LogP contribution is -2.24. The molecule has 3 rings (SSSR count). The van der Waals surface area contributed by atoms with Gasteiger partial charge in [0.2, 0.25) is 0 Å². The van der Waals surface area contributed by atoms with Crippen LogP contribution in [0.15, 0.2) is 6.20 Å². The first-order valence-corrected chi connectivity index (χ1v) is 7.22. The minimum absolute atomic E-state index is 0.861. The van der Waals surface area contributed by atoms with E-state index in [1.807, 2.05) is 4.68 Å². The molecule has 5 heteroatoms. The van der Waals surface area contributed by atoms with Crippen LogP contribution in [0.4, 0.5) is 0 Å². The largest absolute Gasteiger partial charge is 0.311 e. The summed E-state index contributed by atoms with van der Waals surface area (Å²) in [5.74, 6) is 0.926. The second-order valence-electron chi connectivity index (χ2n) is 5.60. The number of rotatable bonds is 7. The first kappa shape index (κ1) is 12.1. The molecule has 0 unspecified atom stereocenters. The maximum Gasteiger partial charge on any atom is 0.0964 e. The first-order chi connectivity index (χ1) is 8.90. The van der Waals surface area contributed by atoms with Gasteiger partial charge in [0, 0.05) is 19.3 Å². The molecule has 1 saturated carbocycles. The monoisotopic (exact) mass is 249 g/mol. The normalized spacial score (nSPS) is 20.7. The fourth-order valence-electron chi connectivity index (χ4n) is 2.51. The van der Waals surface area contributed by atoms with Gasteiger partial charge in [-0.1, -0.05) is 5.21 Å². The summed E-state index contributed by atoms with van der Waals surface area (Å²) >= 11 is 0. The average Bonchev–Trinajstić information content (AvgIpc) is 2.90. The molecule has 0 aromatic carbocycles. The van der Waals surface area contributed by atoms with Crippen LogP contribution in [0.5, 0.6) is 0 Å². The average molecular weight is 249 g/mol. The Kier molecular flexibility index (Phi) is 3.90. The van der Waals surface area contributed by atoms with Gasteiger partial charge in [-0.15, -0.1) is 5.10 Å². The molecule has 5 nitrogen and oxygen atoms in total. The zero-order chi connectivity index (χ0) is 12.2. The van der Waals surface area contributed by atoms with Crippen LogP contribution in [-0.4, -0.2) is 46.1 Å². The highest BCUT2D eigenvalue weighted by molar-refractivity contribution is 4.92. The number of nitrogens with zero attached hydrogens (tertiary/aromatic N) is 4. The van der Waals surface area contributed by atoms with Crippen molar-refractivity contribution in [2.75, 3.05) is 26.2 Å². The van der Waals surface area contributed by atoms with Crippen LogP contribution in [0.2, 0.25) is 0 Å². The summed E-state index contributed by atoms with van der Waals surface area (Å²) in [6.07, 6.45) is 7.59. The van der Waals surface area contributed by atoms with E-state index in [1.54, 1.807) is 0 Å². The van der Waals surface area contributed by atoms with E-state index in [0.29, 0.717) is 0 Å². The third-order valence-electron chi connectivity index (χ3n) is 3.87. The number of likely N-dealkylation sites (tertiary alicyclic amines) is 1. The van der Waals surface area contributed by atoms with Gasteiger partial charge in [-0.25, -0.2) is 0 Å². The molecule has 1 saturated heterocycles. The summed E-state index contributed by atoms with van der Waals surface area (Å²) in [7, 11) is 0. The lowest BCUT2D eigenvalue weighted by Gasteiger charge is -2.13. The molecule has 1 aromatic heterocycles. The molecule has 1 aromatic rings. The maximum absolute atomic E-state index is 4.21. The molecule has 1 N–H and O–H groups in total. The summed E-state index contributed by atoms with van der Waals surface area (Å²) in [4.78, 5) is 2.51. The molecular weight excluding hydrogens is 226 g/mol. The standard InChI is InChI=1S/C13H23N5/c1-2-6-17(5-1)7-8-18-11-13(15-16-18)10-14-9-12-3-4-12/h11-12,14H,1-10H2. The second-order valence-corrected chi connectivity index (χ2v) is 5.60. The Balaban J connectivity index is 1.37. The maximum atomic E-state index is 4.21. The molecule has 2 fully saturated rings. The second kappa shape index (κ2) is 5.80. The van der Waals surface area contributed by atoms with Crippen LogP contribution in [0.3, 0.4) is 0 Å². The fraction of sp³-hybridized carbons (Fsp3) is 0.846. The molecule has 100 valence electrons. The first-order valence-electron chi connectivity index (χ1n) is 7.22. The van der Waals surface area contributed by atoms with E-state index in [9.17, 15) is 0 Å². The van der Waals surface area contributed by atoms with Crippen LogP contribution >= 0.6 is 0 Å². The van der Waals surface area contributed by atoms with Gasteiger partial charge in [0.15, 0.2) is 0 Å². The fourth-order valence-corrected chi connectivity index (χ4v) is 2.51. The van der Waals surface area contributed by atoms with Crippen LogP contribution in [0.1, 0.15) is 31.4 Å². The topological polar surface area (TPSA) is 46.0 Å². The molecule has 0 atom stereocenters. The number of hydrogen-bond acceptors (Lipinski definition) is 4. The van der Waals surface area contributed by atoms with Gasteiger partial charge < -0.3 is 10.2 Å². The van der Waals surface area contributed by atoms with E-state index in [1.165, 1.54) is 38.8 Å². The summed E-state index contributed by atoms with van der Waals surface area (Å²) in [6, 6.07) is 0. The van der Waals surface area contributed by atoms with Crippen molar-refractivity contribution in [2.24, 2.45) is 5.92 Å². The van der Waals surface area contributed by atoms with Gasteiger partial charge in [0.25, 0.3) is 0 Å². The molecule has 0 spiro atoms. The minimum Gasteiger partial charge on any atom is -0.311 e. The van der Waals surface area contributed by atoms with Crippen molar-refractivity contribution in [3.05, 3.63) is 11.9 Å². The molecule has 1 aliphatic heterocycles. The molecule has 0 radical (unpaired) electrons. The molecule has 2 heterocycles. The highest BCUT2D eigenvalue weighted by Gasteiger charge is 2.20. The van der Waals surface area contributed by atoms with E-state index < -0.39 is 0 Å². The Hall–Kier alpha value is -0.940. The van der Waals surface area contributed by atoms with Crippen molar-refractivity contribution in [1.29, 1.82) is 0 Å². The van der Waals surface area contributed by atoms with Crippen molar-refractivity contribution in [3.63, 3.8) is 0 Å². The zero-order valence-electron chi connectivity index (χ0n) is 11.0. The number of aromatic nitrogens is 3. The SMILES string of the molecule is c1c(CNCC2CC2)nnn1CCN1CCCC1. The van der Waals surface area contributed by atoms with E-state index in [4.69, 9.17) is 0 Å². The summed E-state index contributed by atoms with van der Waals surface area (Å²) in [5, 5.41) is 11.8. The lowest BCUT2D eigenvalue weighted by atomic mass is 10.4. The summed E-state index contributed by atoms with van der Waals surface area (Å²) < 4.78 is 1.98. The quantitative estimate of drug-likeness (QED) is 0.779. The van der Waals surface area contributed by atoms with E-state index >= 15 is 0 Å². The van der Waals surface area contributed by atoms with Crippen LogP contribution in [0, 0.1) is 5.92 Å². The lowest BCUT2D eigenvalue weighted by molar-refractivity contribution is 0.314. The predicted molar refractivity (Wildman–Crippen MR) is 70.1 cm³/mol. The zero-order valence-corrected chi connectivity index (χ0v) is 11.0. The van der Waals surface area contributed by atoms with Crippen LogP contribution < -0.4 is 5.32 Å². The van der Waals surface area contributed by atoms with Crippen LogP contribution in [0.25, 0.3) is 0 Å². The van der Waals surface area contributed by atoms with Gasteiger partial charge in [-0.3, -0.25) is 4.68 Å². The predicted octanol–water partition coefficient (Wildman–Crippen LogP) is 0.873. The Morgan fingerprint density at radius 1 is 1.22 bits per heavy atom. The summed E-state index contributed by atoms with van der Waals surface area (Å²) in [6.45, 7) is 6.59. The summed E-state index contributed by atoms with van der Waals surface area (Å²) in [5.41, 5.74) is 1.07. The van der Waals surface area contributed by atoms with Crippen molar-refractivity contribution >= 4 is 0 Å². The van der Waals surface area contributed by atoms with E-state index in [-0.39, 0.29) is 0 Å². The molecule has 0 bridgehead atoms.